The van der Waals surface area contributed by atoms with Gasteiger partial charge in [0, 0.05) is 13.0 Å². The van der Waals surface area contributed by atoms with Gasteiger partial charge in [-0.2, -0.15) is 13.5 Å². The molecule has 2 bridgehead atoms. The molecule has 0 aromatic heterocycles. The lowest BCUT2D eigenvalue weighted by Gasteiger charge is -2.31. The fourth-order valence-electron chi connectivity index (χ4n) is 2.54. The van der Waals surface area contributed by atoms with E-state index in [9.17, 15) is 22.8 Å². The Morgan fingerprint density at radius 1 is 1.45 bits per heavy atom. The van der Waals surface area contributed by atoms with E-state index in [1.807, 2.05) is 0 Å². The molecule has 124 valence electrons. The molecule has 22 heavy (non-hydrogen) atoms. The summed E-state index contributed by atoms with van der Waals surface area (Å²) in [5.74, 6) is 4.09. The number of hydrogen-bond donors (Lipinski definition) is 2. The number of urea groups is 1. The number of fused-ring (bicyclic) bond motifs is 2. The topological polar surface area (TPSA) is 151 Å². The van der Waals surface area contributed by atoms with Crippen LogP contribution in [0.3, 0.4) is 0 Å². The zero-order chi connectivity index (χ0) is 16.7. The van der Waals surface area contributed by atoms with Gasteiger partial charge in [-0.1, -0.05) is 6.92 Å². The third-order valence-electron chi connectivity index (χ3n) is 3.59. The molecular weight excluding hydrogens is 320 g/mol. The first-order chi connectivity index (χ1) is 10.2. The Morgan fingerprint density at radius 2 is 2.09 bits per heavy atom. The fraction of sp³-hybridized carbons (Fsp3) is 0.700. The standard InChI is InChI=1S/C10H16N4O7S/c1-2-8(15)13(11)9(16)7-4-3-6-5-12(7)10(17)14(6)21-22(18,19)20/h6-7H,2-5,11H2,1H3,(H,18,19,20)/t6-,7+/m1/s1. The second-order valence-corrected chi connectivity index (χ2v) is 5.97. The molecule has 2 fully saturated rings. The minimum atomic E-state index is -4.85. The second-order valence-electron chi connectivity index (χ2n) is 4.97. The van der Waals surface area contributed by atoms with Crippen molar-refractivity contribution in [3.05, 3.63) is 0 Å². The number of rotatable bonds is 4. The number of carbonyl (C=O) groups is 3. The van der Waals surface area contributed by atoms with Gasteiger partial charge in [0.2, 0.25) is 5.91 Å². The molecule has 2 aliphatic rings. The number of carbonyl (C=O) groups excluding carboxylic acids is 3. The number of amides is 4. The highest BCUT2D eigenvalue weighted by molar-refractivity contribution is 7.80. The third kappa shape index (κ3) is 3.04. The van der Waals surface area contributed by atoms with Gasteiger partial charge in [0.15, 0.2) is 0 Å². The van der Waals surface area contributed by atoms with Crippen molar-refractivity contribution in [3.63, 3.8) is 0 Å². The summed E-state index contributed by atoms with van der Waals surface area (Å²) in [7, 11) is -4.85. The maximum atomic E-state index is 12.2. The summed E-state index contributed by atoms with van der Waals surface area (Å²) in [6, 6.07) is -2.46. The number of nitrogens with two attached hydrogens (primary N) is 1. The highest BCUT2D eigenvalue weighted by atomic mass is 32.3. The molecule has 3 N–H and O–H groups in total. The monoisotopic (exact) mass is 336 g/mol. The molecule has 0 radical (unpaired) electrons. The normalized spacial score (nSPS) is 24.6. The van der Waals surface area contributed by atoms with Crippen LogP contribution in [0.1, 0.15) is 26.2 Å². The first kappa shape index (κ1) is 16.6. The molecule has 2 saturated heterocycles. The van der Waals surface area contributed by atoms with Crippen LogP contribution in [0.5, 0.6) is 0 Å². The number of piperidine rings is 1. The van der Waals surface area contributed by atoms with Crippen molar-refractivity contribution >= 4 is 28.2 Å². The van der Waals surface area contributed by atoms with Crippen LogP contribution in [0.15, 0.2) is 0 Å². The summed E-state index contributed by atoms with van der Waals surface area (Å²) in [6.45, 7) is 1.58. The number of imide groups is 1. The average Bonchev–Trinajstić information content (AvgIpc) is 2.69. The van der Waals surface area contributed by atoms with E-state index in [2.05, 4.69) is 4.28 Å². The van der Waals surface area contributed by atoms with Gasteiger partial charge in [0.25, 0.3) is 5.91 Å². The Kier molecular flexibility index (Phi) is 4.37. The van der Waals surface area contributed by atoms with Crippen LogP contribution in [0.2, 0.25) is 0 Å². The molecule has 0 aliphatic carbocycles. The van der Waals surface area contributed by atoms with Crippen molar-refractivity contribution in [3.8, 4) is 0 Å². The summed E-state index contributed by atoms with van der Waals surface area (Å²) >= 11 is 0. The fourth-order valence-corrected chi connectivity index (χ4v) is 2.93. The van der Waals surface area contributed by atoms with E-state index >= 15 is 0 Å². The molecule has 0 aromatic carbocycles. The van der Waals surface area contributed by atoms with Crippen molar-refractivity contribution in [2.45, 2.75) is 38.3 Å². The summed E-state index contributed by atoms with van der Waals surface area (Å²) < 4.78 is 34.4. The number of hydroxylamine groups is 2. The van der Waals surface area contributed by atoms with Crippen LogP contribution in [-0.2, 0) is 24.3 Å². The van der Waals surface area contributed by atoms with Crippen molar-refractivity contribution in [2.75, 3.05) is 6.54 Å². The lowest BCUT2D eigenvalue weighted by Crippen LogP contribution is -2.55. The molecule has 2 heterocycles. The highest BCUT2D eigenvalue weighted by Crippen LogP contribution is 2.31. The van der Waals surface area contributed by atoms with Crippen LogP contribution in [0.4, 0.5) is 4.79 Å². The molecular formula is C10H16N4O7S. The minimum Gasteiger partial charge on any atom is -0.309 e. The molecule has 0 unspecified atom stereocenters. The van der Waals surface area contributed by atoms with Gasteiger partial charge in [0.05, 0.1) is 6.04 Å². The first-order valence-electron chi connectivity index (χ1n) is 6.54. The Balaban J connectivity index is 2.15. The zero-order valence-corrected chi connectivity index (χ0v) is 12.5. The quantitative estimate of drug-likeness (QED) is 0.276. The largest absolute Gasteiger partial charge is 0.418 e. The third-order valence-corrected chi connectivity index (χ3v) is 3.94. The van der Waals surface area contributed by atoms with Crippen molar-refractivity contribution in [2.24, 2.45) is 5.84 Å². The Bertz CT molecular complexity index is 606. The number of nitrogens with zero attached hydrogens (tertiary/aromatic N) is 3. The number of hydrazine groups is 1. The molecule has 12 heteroatoms. The average molecular weight is 336 g/mol. The highest BCUT2D eigenvalue weighted by Gasteiger charge is 2.50. The number of hydrogen-bond acceptors (Lipinski definition) is 7. The molecule has 2 rings (SSSR count). The summed E-state index contributed by atoms with van der Waals surface area (Å²) in [4.78, 5) is 36.8. The van der Waals surface area contributed by atoms with Gasteiger partial charge < -0.3 is 4.90 Å². The second kappa shape index (κ2) is 5.79. The molecule has 0 spiro atoms. The molecule has 2 aliphatic heterocycles. The Labute approximate surface area is 126 Å². The SMILES string of the molecule is CCC(=O)N(N)C(=O)[C@@H]1CC[C@@H]2CN1C(=O)N2OS(=O)(=O)O. The van der Waals surface area contributed by atoms with Crippen LogP contribution < -0.4 is 5.84 Å². The summed E-state index contributed by atoms with van der Waals surface area (Å²) in [5.41, 5.74) is 0. The molecule has 2 atom stereocenters. The lowest BCUT2D eigenvalue weighted by molar-refractivity contribution is -0.148. The van der Waals surface area contributed by atoms with E-state index in [0.29, 0.717) is 10.1 Å². The van der Waals surface area contributed by atoms with Crippen molar-refractivity contribution in [1.82, 2.24) is 15.0 Å². The van der Waals surface area contributed by atoms with Gasteiger partial charge in [-0.15, -0.1) is 4.28 Å². The van der Waals surface area contributed by atoms with Gasteiger partial charge in [-0.25, -0.2) is 15.6 Å². The zero-order valence-electron chi connectivity index (χ0n) is 11.7. The van der Waals surface area contributed by atoms with E-state index in [1.165, 1.54) is 6.92 Å². The van der Waals surface area contributed by atoms with Crippen molar-refractivity contribution in [1.29, 1.82) is 0 Å². The van der Waals surface area contributed by atoms with Crippen LogP contribution in [-0.4, -0.2) is 64.4 Å². The maximum Gasteiger partial charge on any atom is 0.418 e. The predicted molar refractivity (Wildman–Crippen MR) is 69.7 cm³/mol. The molecule has 11 nitrogen and oxygen atoms in total. The van der Waals surface area contributed by atoms with E-state index in [4.69, 9.17) is 10.4 Å². The van der Waals surface area contributed by atoms with Crippen molar-refractivity contribution < 1.29 is 31.6 Å². The van der Waals surface area contributed by atoms with Gasteiger partial charge in [-0.3, -0.25) is 14.1 Å². The first-order valence-corrected chi connectivity index (χ1v) is 7.90. The Morgan fingerprint density at radius 3 is 2.64 bits per heavy atom. The van der Waals surface area contributed by atoms with E-state index in [-0.39, 0.29) is 25.8 Å². The van der Waals surface area contributed by atoms with Crippen LogP contribution in [0.25, 0.3) is 0 Å². The van der Waals surface area contributed by atoms with E-state index < -0.39 is 40.3 Å². The van der Waals surface area contributed by atoms with Gasteiger partial charge in [0.1, 0.15) is 6.04 Å². The summed E-state index contributed by atoms with van der Waals surface area (Å²) in [6.07, 6.45) is 0.497. The molecule has 4 amide bonds. The van der Waals surface area contributed by atoms with Gasteiger partial charge >= 0.3 is 16.4 Å². The molecule has 0 saturated carbocycles. The maximum absolute atomic E-state index is 12.2. The lowest BCUT2D eigenvalue weighted by atomic mass is 10.00. The van der Waals surface area contributed by atoms with E-state index in [0.717, 1.165) is 4.90 Å². The Hall–Kier alpha value is -1.76. The van der Waals surface area contributed by atoms with Crippen LogP contribution in [0, 0.1) is 0 Å². The predicted octanol–water partition coefficient (Wildman–Crippen LogP) is -1.37. The van der Waals surface area contributed by atoms with Crippen LogP contribution >= 0.6 is 0 Å². The minimum absolute atomic E-state index is 0.0313. The van der Waals surface area contributed by atoms with Gasteiger partial charge in [-0.05, 0) is 12.8 Å². The molecule has 0 aromatic rings. The summed E-state index contributed by atoms with van der Waals surface area (Å²) in [5, 5.41) is 0.982. The van der Waals surface area contributed by atoms with E-state index in [1.54, 1.807) is 0 Å². The smallest absolute Gasteiger partial charge is 0.309 e.